The van der Waals surface area contributed by atoms with Crippen LogP contribution in [0.5, 0.6) is 0 Å². The predicted octanol–water partition coefficient (Wildman–Crippen LogP) is 2.34. The molecule has 1 aliphatic heterocycles. The molecule has 0 spiro atoms. The molecule has 0 aromatic heterocycles. The number of nitrogens with two attached hydrogens (primary N) is 1. The van der Waals surface area contributed by atoms with Gasteiger partial charge in [-0.25, -0.2) is 0 Å². The second-order valence-electron chi connectivity index (χ2n) is 4.77. The number of carbonyl (C=O) groups is 1. The van der Waals surface area contributed by atoms with E-state index in [0.29, 0.717) is 0 Å². The fraction of sp³-hybridized carbons (Fsp3) is 0.500. The average molecular weight is 248 g/mol. The monoisotopic (exact) mass is 248 g/mol. The van der Waals surface area contributed by atoms with Crippen LogP contribution in [0.4, 0.5) is 11.4 Å². The number of anilines is 2. The zero-order valence-electron chi connectivity index (χ0n) is 10.9. The van der Waals surface area contributed by atoms with Gasteiger partial charge in [0.15, 0.2) is 0 Å². The van der Waals surface area contributed by atoms with Gasteiger partial charge in [-0.1, -0.05) is 13.0 Å². The fourth-order valence-electron chi connectivity index (χ4n) is 2.21. The van der Waals surface area contributed by atoms with Gasteiger partial charge >= 0.3 is 0 Å². The fourth-order valence-corrected chi connectivity index (χ4v) is 2.21. The highest BCUT2D eigenvalue weighted by Crippen LogP contribution is 2.22. The second kappa shape index (κ2) is 5.40. The summed E-state index contributed by atoms with van der Waals surface area (Å²) < 4.78 is 5.53. The molecule has 2 atom stereocenters. The first-order valence-corrected chi connectivity index (χ1v) is 6.45. The van der Waals surface area contributed by atoms with Gasteiger partial charge in [0, 0.05) is 11.4 Å². The summed E-state index contributed by atoms with van der Waals surface area (Å²) in [6, 6.07) is 5.63. The van der Waals surface area contributed by atoms with Gasteiger partial charge in [-0.15, -0.1) is 0 Å². The molecule has 1 aliphatic rings. The minimum Gasteiger partial charge on any atom is -0.398 e. The zero-order chi connectivity index (χ0) is 13.1. The van der Waals surface area contributed by atoms with Crippen molar-refractivity contribution in [2.75, 3.05) is 11.1 Å². The molecule has 4 heteroatoms. The number of ether oxygens (including phenoxy) is 1. The van der Waals surface area contributed by atoms with Crippen molar-refractivity contribution in [2.45, 2.75) is 45.3 Å². The van der Waals surface area contributed by atoms with Gasteiger partial charge in [0.25, 0.3) is 5.91 Å². The van der Waals surface area contributed by atoms with Gasteiger partial charge in [-0.2, -0.15) is 0 Å². The Balaban J connectivity index is 2.01. The third kappa shape index (κ3) is 2.82. The van der Waals surface area contributed by atoms with E-state index < -0.39 is 0 Å². The van der Waals surface area contributed by atoms with E-state index in [-0.39, 0.29) is 18.1 Å². The molecule has 1 amide bonds. The number of benzene rings is 1. The van der Waals surface area contributed by atoms with Crippen molar-refractivity contribution in [3.8, 4) is 0 Å². The number of carbonyl (C=O) groups excluding carboxylic acids is 1. The highest BCUT2D eigenvalue weighted by atomic mass is 16.5. The van der Waals surface area contributed by atoms with Crippen LogP contribution in [-0.4, -0.2) is 18.1 Å². The Hall–Kier alpha value is -1.55. The van der Waals surface area contributed by atoms with Crippen LogP contribution in [0.15, 0.2) is 18.2 Å². The maximum atomic E-state index is 11.9. The summed E-state index contributed by atoms with van der Waals surface area (Å²) in [4.78, 5) is 11.9. The first-order chi connectivity index (χ1) is 8.60. The van der Waals surface area contributed by atoms with E-state index in [2.05, 4.69) is 12.2 Å². The summed E-state index contributed by atoms with van der Waals surface area (Å²) in [7, 11) is 0. The molecular weight excluding hydrogens is 228 g/mol. The third-order valence-corrected chi connectivity index (χ3v) is 3.32. The SMILES string of the molecule is CCc1ccc(NC(=O)C2CCC(C)O2)cc1N. The van der Waals surface area contributed by atoms with Crippen molar-refractivity contribution in [3.63, 3.8) is 0 Å². The Morgan fingerprint density at radius 1 is 1.50 bits per heavy atom. The maximum absolute atomic E-state index is 11.9. The van der Waals surface area contributed by atoms with E-state index in [1.807, 2.05) is 19.1 Å². The highest BCUT2D eigenvalue weighted by Gasteiger charge is 2.28. The molecule has 1 saturated heterocycles. The first-order valence-electron chi connectivity index (χ1n) is 6.45. The van der Waals surface area contributed by atoms with Crippen molar-refractivity contribution in [3.05, 3.63) is 23.8 Å². The van der Waals surface area contributed by atoms with Crippen LogP contribution in [0.1, 0.15) is 32.3 Å². The largest absolute Gasteiger partial charge is 0.398 e. The molecule has 1 fully saturated rings. The Bertz CT molecular complexity index is 445. The van der Waals surface area contributed by atoms with Crippen LogP contribution < -0.4 is 11.1 Å². The molecule has 0 saturated carbocycles. The summed E-state index contributed by atoms with van der Waals surface area (Å²) in [5.74, 6) is -0.0806. The molecule has 2 rings (SSSR count). The highest BCUT2D eigenvalue weighted by molar-refractivity contribution is 5.94. The van der Waals surface area contributed by atoms with E-state index in [4.69, 9.17) is 10.5 Å². The van der Waals surface area contributed by atoms with E-state index in [1.54, 1.807) is 6.07 Å². The molecule has 18 heavy (non-hydrogen) atoms. The number of hydrogen-bond acceptors (Lipinski definition) is 3. The molecule has 0 bridgehead atoms. The minimum absolute atomic E-state index is 0.0806. The minimum atomic E-state index is -0.327. The molecule has 1 heterocycles. The first kappa shape index (κ1) is 12.9. The normalized spacial score (nSPS) is 23.0. The van der Waals surface area contributed by atoms with Crippen LogP contribution in [0.25, 0.3) is 0 Å². The van der Waals surface area contributed by atoms with Crippen molar-refractivity contribution in [1.29, 1.82) is 0 Å². The Labute approximate surface area is 108 Å². The molecule has 98 valence electrons. The van der Waals surface area contributed by atoms with Crippen LogP contribution in [0, 0.1) is 0 Å². The molecule has 3 N–H and O–H groups in total. The smallest absolute Gasteiger partial charge is 0.253 e. The van der Waals surface area contributed by atoms with Gasteiger partial charge < -0.3 is 15.8 Å². The number of rotatable bonds is 3. The van der Waals surface area contributed by atoms with E-state index in [9.17, 15) is 4.79 Å². The summed E-state index contributed by atoms with van der Waals surface area (Å²) in [6.45, 7) is 4.04. The summed E-state index contributed by atoms with van der Waals surface area (Å²) in [5.41, 5.74) is 8.45. The number of nitrogens with one attached hydrogen (secondary N) is 1. The number of nitrogen functional groups attached to an aromatic ring is 1. The van der Waals surface area contributed by atoms with E-state index in [0.717, 1.165) is 36.2 Å². The van der Waals surface area contributed by atoms with Gasteiger partial charge in [0.1, 0.15) is 6.10 Å². The van der Waals surface area contributed by atoms with Crippen molar-refractivity contribution in [2.24, 2.45) is 0 Å². The third-order valence-electron chi connectivity index (χ3n) is 3.32. The van der Waals surface area contributed by atoms with Gasteiger partial charge in [-0.05, 0) is 43.9 Å². The van der Waals surface area contributed by atoms with Gasteiger partial charge in [-0.3, -0.25) is 4.79 Å². The molecule has 2 unspecified atom stereocenters. The van der Waals surface area contributed by atoms with Crippen molar-refractivity contribution in [1.82, 2.24) is 0 Å². The topological polar surface area (TPSA) is 64.3 Å². The summed E-state index contributed by atoms with van der Waals surface area (Å²) in [5, 5.41) is 2.85. The van der Waals surface area contributed by atoms with Crippen molar-refractivity contribution >= 4 is 17.3 Å². The Morgan fingerprint density at radius 3 is 2.83 bits per heavy atom. The molecule has 0 aliphatic carbocycles. The molecular formula is C14H20N2O2. The molecule has 1 aromatic carbocycles. The van der Waals surface area contributed by atoms with Crippen LogP contribution in [-0.2, 0) is 16.0 Å². The molecule has 4 nitrogen and oxygen atoms in total. The standard InChI is InChI=1S/C14H20N2O2/c1-3-10-5-6-11(8-12(10)15)16-14(17)13-7-4-9(2)18-13/h5-6,8-9,13H,3-4,7,15H2,1-2H3,(H,16,17). The molecule has 1 aromatic rings. The Kier molecular flexibility index (Phi) is 3.87. The average Bonchev–Trinajstić information content (AvgIpc) is 2.76. The predicted molar refractivity (Wildman–Crippen MR) is 72.4 cm³/mol. The van der Waals surface area contributed by atoms with Gasteiger partial charge in [0.2, 0.25) is 0 Å². The lowest BCUT2D eigenvalue weighted by Gasteiger charge is -2.13. The number of aryl methyl sites for hydroxylation is 1. The van der Waals surface area contributed by atoms with Crippen LogP contribution in [0.3, 0.4) is 0 Å². The zero-order valence-corrected chi connectivity index (χ0v) is 10.9. The number of hydrogen-bond donors (Lipinski definition) is 2. The Morgan fingerprint density at radius 2 is 2.28 bits per heavy atom. The maximum Gasteiger partial charge on any atom is 0.253 e. The van der Waals surface area contributed by atoms with Gasteiger partial charge in [0.05, 0.1) is 6.10 Å². The second-order valence-corrected chi connectivity index (χ2v) is 4.77. The summed E-state index contributed by atoms with van der Waals surface area (Å²) >= 11 is 0. The van der Waals surface area contributed by atoms with E-state index in [1.165, 1.54) is 0 Å². The summed E-state index contributed by atoms with van der Waals surface area (Å²) in [6.07, 6.45) is 2.47. The van der Waals surface area contributed by atoms with Crippen LogP contribution in [0.2, 0.25) is 0 Å². The lowest BCUT2D eigenvalue weighted by atomic mass is 10.1. The number of amides is 1. The van der Waals surface area contributed by atoms with Crippen molar-refractivity contribution < 1.29 is 9.53 Å². The van der Waals surface area contributed by atoms with Crippen LogP contribution >= 0.6 is 0 Å². The quantitative estimate of drug-likeness (QED) is 0.807. The lowest BCUT2D eigenvalue weighted by molar-refractivity contribution is -0.126. The lowest BCUT2D eigenvalue weighted by Crippen LogP contribution is -2.27. The molecule has 0 radical (unpaired) electrons. The van der Waals surface area contributed by atoms with E-state index >= 15 is 0 Å².